The summed E-state index contributed by atoms with van der Waals surface area (Å²) < 4.78 is 2.08. The van der Waals surface area contributed by atoms with Gasteiger partial charge in [0.05, 0.1) is 6.42 Å². The quantitative estimate of drug-likeness (QED) is 0.879. The molecule has 19 heavy (non-hydrogen) atoms. The van der Waals surface area contributed by atoms with E-state index in [0.717, 1.165) is 18.5 Å². The van der Waals surface area contributed by atoms with E-state index in [4.69, 9.17) is 0 Å². The van der Waals surface area contributed by atoms with E-state index in [2.05, 4.69) is 35.9 Å². The third-order valence-electron chi connectivity index (χ3n) is 3.37. The number of nitrogens with one attached hydrogen (secondary N) is 1. The molecule has 0 saturated carbocycles. The van der Waals surface area contributed by atoms with Crippen molar-refractivity contribution in [2.24, 2.45) is 13.0 Å². The Morgan fingerprint density at radius 1 is 1.32 bits per heavy atom. The molecule has 0 aliphatic carbocycles. The van der Waals surface area contributed by atoms with Crippen molar-refractivity contribution in [3.63, 3.8) is 0 Å². The van der Waals surface area contributed by atoms with Gasteiger partial charge in [0.25, 0.3) is 0 Å². The van der Waals surface area contributed by atoms with E-state index in [0.29, 0.717) is 12.3 Å². The second-order valence-electron chi connectivity index (χ2n) is 5.49. The number of amides is 1. The fraction of sp³-hybridized carbons (Fsp3) is 0.438. The summed E-state index contributed by atoms with van der Waals surface area (Å²) in [6.45, 7) is 5.09. The Bertz CT molecular complexity index is 569. The number of rotatable bonds is 5. The summed E-state index contributed by atoms with van der Waals surface area (Å²) in [5, 5.41) is 4.16. The van der Waals surface area contributed by atoms with Gasteiger partial charge in [-0.05, 0) is 24.0 Å². The molecule has 0 radical (unpaired) electrons. The van der Waals surface area contributed by atoms with Gasteiger partial charge in [0.15, 0.2) is 0 Å². The van der Waals surface area contributed by atoms with Crippen molar-refractivity contribution in [1.82, 2.24) is 9.88 Å². The molecule has 2 aromatic rings. The number of carbonyl (C=O) groups excluding carboxylic acids is 1. The minimum absolute atomic E-state index is 0.108. The van der Waals surface area contributed by atoms with Crippen LogP contribution in [0.25, 0.3) is 10.9 Å². The summed E-state index contributed by atoms with van der Waals surface area (Å²) in [6, 6.07) is 8.19. The van der Waals surface area contributed by atoms with Gasteiger partial charge in [-0.25, -0.2) is 0 Å². The monoisotopic (exact) mass is 258 g/mol. The van der Waals surface area contributed by atoms with E-state index in [1.807, 2.05) is 25.4 Å². The number of para-hydroxylation sites is 1. The predicted octanol–water partition coefficient (Wildman–Crippen LogP) is 2.88. The lowest BCUT2D eigenvalue weighted by molar-refractivity contribution is -0.120. The molecule has 1 aromatic carbocycles. The Morgan fingerprint density at radius 3 is 2.79 bits per heavy atom. The molecular weight excluding hydrogens is 236 g/mol. The van der Waals surface area contributed by atoms with Crippen LogP contribution in [0.1, 0.15) is 25.8 Å². The first-order valence-electron chi connectivity index (χ1n) is 6.87. The molecule has 0 aliphatic heterocycles. The van der Waals surface area contributed by atoms with E-state index in [1.54, 1.807) is 0 Å². The van der Waals surface area contributed by atoms with Crippen molar-refractivity contribution in [1.29, 1.82) is 0 Å². The summed E-state index contributed by atoms with van der Waals surface area (Å²) in [4.78, 5) is 11.9. The maximum atomic E-state index is 11.9. The van der Waals surface area contributed by atoms with Crippen molar-refractivity contribution in [3.8, 4) is 0 Å². The van der Waals surface area contributed by atoms with E-state index >= 15 is 0 Å². The zero-order valence-electron chi connectivity index (χ0n) is 11.9. The van der Waals surface area contributed by atoms with Crippen LogP contribution in [0.4, 0.5) is 0 Å². The molecule has 0 spiro atoms. The first kappa shape index (κ1) is 13.7. The summed E-state index contributed by atoms with van der Waals surface area (Å²) in [5.41, 5.74) is 2.27. The fourth-order valence-electron chi connectivity index (χ4n) is 2.30. The van der Waals surface area contributed by atoms with Crippen LogP contribution in [-0.4, -0.2) is 17.0 Å². The van der Waals surface area contributed by atoms with Crippen molar-refractivity contribution < 1.29 is 4.79 Å². The van der Waals surface area contributed by atoms with E-state index < -0.39 is 0 Å². The molecule has 3 nitrogen and oxygen atoms in total. The van der Waals surface area contributed by atoms with Crippen LogP contribution in [0.5, 0.6) is 0 Å². The fourth-order valence-corrected chi connectivity index (χ4v) is 2.30. The molecular formula is C16H22N2O. The largest absolute Gasteiger partial charge is 0.356 e. The van der Waals surface area contributed by atoms with E-state index in [-0.39, 0.29) is 5.91 Å². The van der Waals surface area contributed by atoms with Crippen LogP contribution >= 0.6 is 0 Å². The van der Waals surface area contributed by atoms with Gasteiger partial charge in [-0.1, -0.05) is 32.0 Å². The number of hydrogen-bond donors (Lipinski definition) is 1. The maximum absolute atomic E-state index is 11.9. The number of aromatic nitrogens is 1. The minimum atomic E-state index is 0.108. The van der Waals surface area contributed by atoms with Crippen LogP contribution in [0.3, 0.4) is 0 Å². The molecule has 1 amide bonds. The van der Waals surface area contributed by atoms with Gasteiger partial charge in [0.2, 0.25) is 5.91 Å². The standard InChI is InChI=1S/C16H22N2O/c1-12(2)8-9-17-16(19)10-13-11-18(3)15-7-5-4-6-14(13)15/h4-7,11-12H,8-10H2,1-3H3,(H,17,19). The normalized spacial score (nSPS) is 11.2. The van der Waals surface area contributed by atoms with Crippen molar-refractivity contribution in [2.45, 2.75) is 26.7 Å². The van der Waals surface area contributed by atoms with Crippen molar-refractivity contribution in [3.05, 3.63) is 36.0 Å². The van der Waals surface area contributed by atoms with Gasteiger partial charge in [0, 0.05) is 30.7 Å². The molecule has 2 rings (SSSR count). The first-order chi connectivity index (χ1) is 9.08. The van der Waals surface area contributed by atoms with E-state index in [1.165, 1.54) is 10.9 Å². The number of aryl methyl sites for hydroxylation is 1. The summed E-state index contributed by atoms with van der Waals surface area (Å²) in [7, 11) is 2.02. The van der Waals surface area contributed by atoms with Crippen LogP contribution in [0.15, 0.2) is 30.5 Å². The SMILES string of the molecule is CC(C)CCNC(=O)Cc1cn(C)c2ccccc12. The lowest BCUT2D eigenvalue weighted by atomic mass is 10.1. The van der Waals surface area contributed by atoms with Crippen molar-refractivity contribution in [2.75, 3.05) is 6.54 Å². The molecule has 0 atom stereocenters. The first-order valence-corrected chi connectivity index (χ1v) is 6.87. The lowest BCUT2D eigenvalue weighted by Gasteiger charge is -2.06. The Kier molecular flexibility index (Phi) is 4.25. The Balaban J connectivity index is 2.03. The van der Waals surface area contributed by atoms with Crippen molar-refractivity contribution >= 4 is 16.8 Å². The molecule has 1 N–H and O–H groups in total. The summed E-state index contributed by atoms with van der Waals surface area (Å²) >= 11 is 0. The van der Waals surface area contributed by atoms with E-state index in [9.17, 15) is 4.79 Å². The number of nitrogens with zero attached hydrogens (tertiary/aromatic N) is 1. The summed E-state index contributed by atoms with van der Waals surface area (Å²) in [6.07, 6.45) is 3.54. The zero-order valence-corrected chi connectivity index (χ0v) is 11.9. The number of benzene rings is 1. The number of fused-ring (bicyclic) bond motifs is 1. The molecule has 0 fully saturated rings. The molecule has 0 unspecified atom stereocenters. The predicted molar refractivity (Wildman–Crippen MR) is 79.1 cm³/mol. The molecule has 3 heteroatoms. The third kappa shape index (κ3) is 3.37. The molecule has 0 saturated heterocycles. The Labute approximate surface area is 114 Å². The minimum Gasteiger partial charge on any atom is -0.356 e. The van der Waals surface area contributed by atoms with Gasteiger partial charge in [0.1, 0.15) is 0 Å². The number of hydrogen-bond acceptors (Lipinski definition) is 1. The Hall–Kier alpha value is -1.77. The molecule has 102 valence electrons. The van der Waals surface area contributed by atoms with Gasteiger partial charge in [-0.3, -0.25) is 4.79 Å². The molecule has 1 heterocycles. The highest BCUT2D eigenvalue weighted by atomic mass is 16.1. The smallest absolute Gasteiger partial charge is 0.224 e. The van der Waals surface area contributed by atoms with Crippen LogP contribution in [-0.2, 0) is 18.3 Å². The molecule has 0 bridgehead atoms. The van der Waals surface area contributed by atoms with Gasteiger partial charge in [-0.15, -0.1) is 0 Å². The maximum Gasteiger partial charge on any atom is 0.224 e. The highest BCUT2D eigenvalue weighted by Gasteiger charge is 2.09. The number of carbonyl (C=O) groups is 1. The van der Waals surface area contributed by atoms with Crippen LogP contribution in [0, 0.1) is 5.92 Å². The molecule has 1 aromatic heterocycles. The van der Waals surface area contributed by atoms with Gasteiger partial charge < -0.3 is 9.88 Å². The highest BCUT2D eigenvalue weighted by molar-refractivity contribution is 5.89. The van der Waals surface area contributed by atoms with Gasteiger partial charge in [-0.2, -0.15) is 0 Å². The topological polar surface area (TPSA) is 34.0 Å². The molecule has 0 aliphatic rings. The average molecular weight is 258 g/mol. The van der Waals surface area contributed by atoms with Gasteiger partial charge >= 0.3 is 0 Å². The average Bonchev–Trinajstić information content (AvgIpc) is 2.66. The third-order valence-corrected chi connectivity index (χ3v) is 3.37. The lowest BCUT2D eigenvalue weighted by Crippen LogP contribution is -2.26. The summed E-state index contributed by atoms with van der Waals surface area (Å²) in [5.74, 6) is 0.731. The van der Waals surface area contributed by atoms with Crippen LogP contribution in [0.2, 0.25) is 0 Å². The second kappa shape index (κ2) is 5.91. The van der Waals surface area contributed by atoms with Crippen LogP contribution < -0.4 is 5.32 Å². The zero-order chi connectivity index (χ0) is 13.8. The second-order valence-corrected chi connectivity index (χ2v) is 5.49. The highest BCUT2D eigenvalue weighted by Crippen LogP contribution is 2.20. The Morgan fingerprint density at radius 2 is 2.05 bits per heavy atom.